The van der Waals surface area contributed by atoms with E-state index in [9.17, 15) is 4.79 Å². The van der Waals surface area contributed by atoms with Crippen LogP contribution in [0.2, 0.25) is 0 Å². The van der Waals surface area contributed by atoms with Gasteiger partial charge < -0.3 is 20.7 Å². The number of carbonyl (C=O) groups is 1. The minimum absolute atomic E-state index is 0.176. The van der Waals surface area contributed by atoms with E-state index in [0.717, 1.165) is 10.8 Å². The number of anilines is 1. The molecule has 3 rings (SSSR count). The molecule has 0 saturated heterocycles. The summed E-state index contributed by atoms with van der Waals surface area (Å²) in [6, 6.07) is 20.1. The van der Waals surface area contributed by atoms with Crippen molar-refractivity contribution in [3.8, 4) is 5.75 Å². The van der Waals surface area contributed by atoms with E-state index in [1.807, 2.05) is 30.3 Å². The normalized spacial score (nSPS) is 12.1. The number of hydrogen-bond donors (Lipinski definition) is 3. The van der Waals surface area contributed by atoms with Gasteiger partial charge in [-0.25, -0.2) is 0 Å². The highest BCUT2D eigenvalue weighted by Crippen LogP contribution is 2.30. The third-order valence-electron chi connectivity index (χ3n) is 4.26. The van der Waals surface area contributed by atoms with Gasteiger partial charge in [-0.3, -0.25) is 4.79 Å². The van der Waals surface area contributed by atoms with Gasteiger partial charge in [-0.15, -0.1) is 0 Å². The first kappa shape index (κ1) is 22.4. The lowest BCUT2D eigenvalue weighted by atomic mass is 10.0. The first-order valence-corrected chi connectivity index (χ1v) is 10.4. The van der Waals surface area contributed by atoms with Gasteiger partial charge in [0.2, 0.25) is 3.79 Å². The highest BCUT2D eigenvalue weighted by atomic mass is 35.6. The van der Waals surface area contributed by atoms with Crippen LogP contribution in [-0.4, -0.2) is 28.1 Å². The molecule has 0 aliphatic carbocycles. The van der Waals surface area contributed by atoms with Crippen LogP contribution in [0, 0.1) is 0 Å². The van der Waals surface area contributed by atoms with Crippen molar-refractivity contribution in [3.05, 3.63) is 72.3 Å². The quantitative estimate of drug-likeness (QED) is 0.263. The minimum Gasteiger partial charge on any atom is -0.497 e. The van der Waals surface area contributed by atoms with E-state index in [-0.39, 0.29) is 5.11 Å². The summed E-state index contributed by atoms with van der Waals surface area (Å²) in [6.07, 6.45) is -1.08. The van der Waals surface area contributed by atoms with Gasteiger partial charge in [0, 0.05) is 11.3 Å². The number of alkyl halides is 3. The second-order valence-corrected chi connectivity index (χ2v) is 9.08. The monoisotopic (exact) mass is 481 g/mol. The lowest BCUT2D eigenvalue weighted by Gasteiger charge is -2.28. The molecule has 5 nitrogen and oxygen atoms in total. The number of amides is 1. The first-order chi connectivity index (χ1) is 14.3. The molecule has 0 heterocycles. The van der Waals surface area contributed by atoms with Crippen molar-refractivity contribution in [3.63, 3.8) is 0 Å². The summed E-state index contributed by atoms with van der Waals surface area (Å²) in [7, 11) is 1.58. The predicted octanol–water partition coefficient (Wildman–Crippen LogP) is 5.26. The molecule has 0 spiro atoms. The van der Waals surface area contributed by atoms with Crippen molar-refractivity contribution < 1.29 is 9.53 Å². The lowest BCUT2D eigenvalue weighted by molar-refractivity contribution is 0.0936. The summed E-state index contributed by atoms with van der Waals surface area (Å²) in [5, 5.41) is 10.4. The molecular weight excluding hydrogens is 465 g/mol. The number of halogens is 3. The Labute approximate surface area is 194 Å². The van der Waals surface area contributed by atoms with Crippen LogP contribution in [-0.2, 0) is 0 Å². The molecular formula is C21H18Cl3N3O2S. The fourth-order valence-corrected chi connectivity index (χ4v) is 3.37. The largest absolute Gasteiger partial charge is 0.497 e. The first-order valence-electron chi connectivity index (χ1n) is 8.85. The van der Waals surface area contributed by atoms with Crippen LogP contribution in [0.5, 0.6) is 5.75 Å². The number of carbonyl (C=O) groups excluding carboxylic acids is 1. The molecule has 156 valence electrons. The van der Waals surface area contributed by atoms with E-state index >= 15 is 0 Å². The highest BCUT2D eigenvalue weighted by molar-refractivity contribution is 7.80. The van der Waals surface area contributed by atoms with Gasteiger partial charge in [0.05, 0.1) is 7.11 Å². The fourth-order valence-electron chi connectivity index (χ4n) is 2.80. The molecule has 0 bridgehead atoms. The summed E-state index contributed by atoms with van der Waals surface area (Å²) in [4.78, 5) is 12.9. The maximum Gasteiger partial charge on any atom is 0.253 e. The number of methoxy groups -OCH3 is 1. The van der Waals surface area contributed by atoms with Gasteiger partial charge in [0.25, 0.3) is 5.91 Å². The summed E-state index contributed by atoms with van der Waals surface area (Å²) in [5.41, 5.74) is 1.17. The number of rotatable bonds is 5. The van der Waals surface area contributed by atoms with Crippen LogP contribution in [0.25, 0.3) is 10.8 Å². The number of benzene rings is 3. The van der Waals surface area contributed by atoms with E-state index < -0.39 is 15.9 Å². The summed E-state index contributed by atoms with van der Waals surface area (Å²) in [5.74, 6) is 0.309. The average molecular weight is 483 g/mol. The molecule has 0 aromatic heterocycles. The van der Waals surface area contributed by atoms with E-state index in [1.54, 1.807) is 43.5 Å². The molecule has 0 aliphatic rings. The van der Waals surface area contributed by atoms with Crippen molar-refractivity contribution in [1.29, 1.82) is 0 Å². The van der Waals surface area contributed by atoms with E-state index in [2.05, 4.69) is 16.0 Å². The SMILES string of the molecule is COc1ccc(NC(=S)N[C@H](NC(=O)c2cccc3ccccc23)C(Cl)(Cl)Cl)cc1. The maximum absolute atomic E-state index is 12.9. The maximum atomic E-state index is 12.9. The minimum atomic E-state index is -1.86. The van der Waals surface area contributed by atoms with Crippen LogP contribution in [0.4, 0.5) is 5.69 Å². The number of fused-ring (bicyclic) bond motifs is 1. The molecule has 0 unspecified atom stereocenters. The smallest absolute Gasteiger partial charge is 0.253 e. The van der Waals surface area contributed by atoms with Crippen LogP contribution in [0.15, 0.2) is 66.7 Å². The molecule has 3 aromatic rings. The topological polar surface area (TPSA) is 62.4 Å². The van der Waals surface area contributed by atoms with Crippen molar-refractivity contribution in [1.82, 2.24) is 10.6 Å². The Balaban J connectivity index is 1.74. The summed E-state index contributed by atoms with van der Waals surface area (Å²) in [6.45, 7) is 0. The van der Waals surface area contributed by atoms with Gasteiger partial charge in [0.1, 0.15) is 11.9 Å². The molecule has 30 heavy (non-hydrogen) atoms. The third-order valence-corrected chi connectivity index (χ3v) is 5.13. The molecule has 0 radical (unpaired) electrons. The zero-order valence-corrected chi connectivity index (χ0v) is 18.9. The second kappa shape index (κ2) is 9.71. The van der Waals surface area contributed by atoms with Crippen LogP contribution >= 0.6 is 47.0 Å². The van der Waals surface area contributed by atoms with Crippen LogP contribution in [0.3, 0.4) is 0 Å². The van der Waals surface area contributed by atoms with Gasteiger partial charge in [-0.05, 0) is 53.3 Å². The Morgan fingerprint density at radius 3 is 2.30 bits per heavy atom. The average Bonchev–Trinajstić information content (AvgIpc) is 2.72. The van der Waals surface area contributed by atoms with Crippen LogP contribution in [0.1, 0.15) is 10.4 Å². The molecule has 3 N–H and O–H groups in total. The highest BCUT2D eigenvalue weighted by Gasteiger charge is 2.35. The fraction of sp³-hybridized carbons (Fsp3) is 0.143. The van der Waals surface area contributed by atoms with E-state index in [1.165, 1.54) is 0 Å². The van der Waals surface area contributed by atoms with Crippen molar-refractivity contribution in [2.24, 2.45) is 0 Å². The number of thiocarbonyl (C=S) groups is 1. The molecule has 9 heteroatoms. The van der Waals surface area contributed by atoms with Gasteiger partial charge in [-0.1, -0.05) is 71.2 Å². The second-order valence-electron chi connectivity index (χ2n) is 6.30. The molecule has 1 amide bonds. The zero-order chi connectivity index (χ0) is 21.7. The van der Waals surface area contributed by atoms with Crippen molar-refractivity contribution in [2.75, 3.05) is 12.4 Å². The molecule has 1 atom stereocenters. The zero-order valence-electron chi connectivity index (χ0n) is 15.8. The standard InChI is InChI=1S/C21H18Cl3N3O2S/c1-29-15-11-9-14(10-12-15)25-20(30)27-19(21(22,23)24)26-18(28)17-8-4-6-13-5-2-3-7-16(13)17/h2-12,19H,1H3,(H,26,28)(H2,25,27,30)/t19-/m0/s1. The third kappa shape index (κ3) is 5.67. The number of hydrogen-bond acceptors (Lipinski definition) is 3. The van der Waals surface area contributed by atoms with Gasteiger partial charge in [0.15, 0.2) is 5.11 Å². The number of ether oxygens (including phenoxy) is 1. The van der Waals surface area contributed by atoms with Crippen molar-refractivity contribution >= 4 is 74.5 Å². The van der Waals surface area contributed by atoms with E-state index in [0.29, 0.717) is 17.0 Å². The Morgan fingerprint density at radius 1 is 0.967 bits per heavy atom. The Morgan fingerprint density at radius 2 is 1.63 bits per heavy atom. The van der Waals surface area contributed by atoms with Gasteiger partial charge >= 0.3 is 0 Å². The molecule has 3 aromatic carbocycles. The Hall–Kier alpha value is -2.25. The molecule has 0 aliphatic heterocycles. The van der Waals surface area contributed by atoms with Crippen molar-refractivity contribution in [2.45, 2.75) is 9.96 Å². The van der Waals surface area contributed by atoms with Gasteiger partial charge in [-0.2, -0.15) is 0 Å². The Bertz CT molecular complexity index is 1050. The predicted molar refractivity (Wildman–Crippen MR) is 128 cm³/mol. The number of nitrogens with one attached hydrogen (secondary N) is 3. The molecule has 0 saturated carbocycles. The van der Waals surface area contributed by atoms with Crippen LogP contribution < -0.4 is 20.7 Å². The Kier molecular flexibility index (Phi) is 7.26. The molecule has 0 fully saturated rings. The summed E-state index contributed by atoms with van der Waals surface area (Å²) < 4.78 is 3.27. The summed E-state index contributed by atoms with van der Waals surface area (Å²) >= 11 is 23.6. The van der Waals surface area contributed by atoms with E-state index in [4.69, 9.17) is 51.8 Å². The lowest BCUT2D eigenvalue weighted by Crippen LogP contribution is -2.56.